The summed E-state index contributed by atoms with van der Waals surface area (Å²) in [6.07, 6.45) is 6.56. The van der Waals surface area contributed by atoms with Crippen LogP contribution in [0.2, 0.25) is 0 Å². The highest BCUT2D eigenvalue weighted by molar-refractivity contribution is 14.0. The molecule has 2 N–H and O–H groups in total. The number of aromatic nitrogens is 5. The van der Waals surface area contributed by atoms with Gasteiger partial charge in [0.1, 0.15) is 0 Å². The van der Waals surface area contributed by atoms with Crippen molar-refractivity contribution in [3.63, 3.8) is 0 Å². The Morgan fingerprint density at radius 1 is 1.00 bits per heavy atom. The maximum atomic E-state index is 4.27. The highest BCUT2D eigenvalue weighted by Crippen LogP contribution is 2.09. The molecule has 4 aromatic rings. The van der Waals surface area contributed by atoms with Crippen LogP contribution in [0.3, 0.4) is 0 Å². The maximum absolute atomic E-state index is 4.27. The second-order valence-electron chi connectivity index (χ2n) is 6.26. The number of nitrogens with one attached hydrogen (secondary N) is 2. The Morgan fingerprint density at radius 3 is 2.62 bits per heavy atom. The number of pyridine rings is 1. The third-order valence-electron chi connectivity index (χ3n) is 4.43. The van der Waals surface area contributed by atoms with Gasteiger partial charge >= 0.3 is 0 Å². The van der Waals surface area contributed by atoms with E-state index in [0.29, 0.717) is 6.54 Å². The minimum atomic E-state index is 0. The zero-order chi connectivity index (χ0) is 19.2. The van der Waals surface area contributed by atoms with Crippen molar-refractivity contribution in [3.8, 4) is 5.69 Å². The van der Waals surface area contributed by atoms with Crippen molar-refractivity contribution in [3.05, 3.63) is 78.5 Å². The molecule has 0 saturated carbocycles. The smallest absolute Gasteiger partial charge is 0.191 e. The molecule has 150 valence electrons. The molecule has 3 aromatic heterocycles. The van der Waals surface area contributed by atoms with Gasteiger partial charge in [0.15, 0.2) is 17.4 Å². The molecule has 0 atom stereocenters. The molecule has 1 aromatic carbocycles. The lowest BCUT2D eigenvalue weighted by molar-refractivity contribution is 0.757. The summed E-state index contributed by atoms with van der Waals surface area (Å²) in [6, 6.07) is 16.2. The first-order valence-electron chi connectivity index (χ1n) is 9.15. The number of hydrogen-bond acceptors (Lipinski definition) is 4. The highest BCUT2D eigenvalue weighted by atomic mass is 127. The molecule has 4 rings (SSSR count). The van der Waals surface area contributed by atoms with Crippen molar-refractivity contribution >= 4 is 35.6 Å². The van der Waals surface area contributed by atoms with Gasteiger partial charge in [0.05, 0.1) is 12.2 Å². The first-order chi connectivity index (χ1) is 13.8. The van der Waals surface area contributed by atoms with Crippen LogP contribution < -0.4 is 10.6 Å². The van der Waals surface area contributed by atoms with Gasteiger partial charge in [-0.2, -0.15) is 5.10 Å². The van der Waals surface area contributed by atoms with Crippen molar-refractivity contribution in [1.82, 2.24) is 35.0 Å². The predicted molar refractivity (Wildman–Crippen MR) is 124 cm³/mol. The van der Waals surface area contributed by atoms with E-state index in [9.17, 15) is 0 Å². The fourth-order valence-corrected chi connectivity index (χ4v) is 2.96. The molecule has 0 bridgehead atoms. The highest BCUT2D eigenvalue weighted by Gasteiger charge is 2.05. The van der Waals surface area contributed by atoms with Crippen molar-refractivity contribution in [2.45, 2.75) is 13.0 Å². The Hall–Kier alpha value is -2.95. The Balaban J connectivity index is 0.00000240. The molecule has 3 heterocycles. The molecule has 0 radical (unpaired) electrons. The van der Waals surface area contributed by atoms with Crippen molar-refractivity contribution in [2.75, 3.05) is 13.6 Å². The molecular formula is C20H23IN8. The molecule has 0 aliphatic carbocycles. The zero-order valence-electron chi connectivity index (χ0n) is 16.1. The second-order valence-corrected chi connectivity index (χ2v) is 6.26. The normalized spacial score (nSPS) is 11.3. The van der Waals surface area contributed by atoms with E-state index < -0.39 is 0 Å². The van der Waals surface area contributed by atoms with E-state index in [4.69, 9.17) is 0 Å². The fraction of sp³-hybridized carbons (Fsp3) is 0.200. The van der Waals surface area contributed by atoms with Crippen LogP contribution in [0.4, 0.5) is 0 Å². The first kappa shape index (κ1) is 20.8. The van der Waals surface area contributed by atoms with Crippen LogP contribution in [0.25, 0.3) is 11.3 Å². The number of halogens is 1. The van der Waals surface area contributed by atoms with Crippen LogP contribution in [-0.4, -0.2) is 43.9 Å². The second kappa shape index (κ2) is 10.0. The molecule has 0 aliphatic rings. The summed E-state index contributed by atoms with van der Waals surface area (Å²) in [5.74, 6) is 1.58. The van der Waals surface area contributed by atoms with Crippen molar-refractivity contribution in [2.24, 2.45) is 4.99 Å². The van der Waals surface area contributed by atoms with E-state index in [-0.39, 0.29) is 24.0 Å². The maximum Gasteiger partial charge on any atom is 0.191 e. The Bertz CT molecular complexity index is 1050. The summed E-state index contributed by atoms with van der Waals surface area (Å²) in [4.78, 5) is 4.27. The lowest BCUT2D eigenvalue weighted by atomic mass is 10.1. The molecule has 0 unspecified atom stereocenters. The largest absolute Gasteiger partial charge is 0.356 e. The van der Waals surface area contributed by atoms with Gasteiger partial charge in [0.2, 0.25) is 0 Å². The van der Waals surface area contributed by atoms with Crippen molar-refractivity contribution in [1.29, 1.82) is 0 Å². The third kappa shape index (κ3) is 5.11. The minimum Gasteiger partial charge on any atom is -0.356 e. The van der Waals surface area contributed by atoms with Gasteiger partial charge < -0.3 is 10.6 Å². The molecule has 0 amide bonds. The van der Waals surface area contributed by atoms with Crippen LogP contribution in [0.5, 0.6) is 0 Å². The van der Waals surface area contributed by atoms with Crippen LogP contribution in [-0.2, 0) is 13.0 Å². The summed E-state index contributed by atoms with van der Waals surface area (Å²) >= 11 is 0. The quantitative estimate of drug-likeness (QED) is 0.241. The average molecular weight is 502 g/mol. The number of aliphatic imine (C=N–C) groups is 1. The van der Waals surface area contributed by atoms with E-state index in [1.165, 1.54) is 5.56 Å². The van der Waals surface area contributed by atoms with Crippen LogP contribution in [0, 0.1) is 0 Å². The number of hydrogen-bond donors (Lipinski definition) is 2. The van der Waals surface area contributed by atoms with E-state index in [1.54, 1.807) is 13.2 Å². The summed E-state index contributed by atoms with van der Waals surface area (Å²) in [5.41, 5.74) is 3.14. The summed E-state index contributed by atoms with van der Waals surface area (Å²) in [7, 11) is 1.76. The Labute approximate surface area is 186 Å². The Morgan fingerprint density at radius 2 is 1.86 bits per heavy atom. The van der Waals surface area contributed by atoms with Gasteiger partial charge in [-0.05, 0) is 42.3 Å². The van der Waals surface area contributed by atoms with Crippen LogP contribution in [0.1, 0.15) is 11.4 Å². The lowest BCUT2D eigenvalue weighted by Gasteiger charge is -2.11. The molecular weight excluding hydrogens is 479 g/mol. The van der Waals surface area contributed by atoms with Crippen LogP contribution >= 0.6 is 24.0 Å². The van der Waals surface area contributed by atoms with E-state index in [2.05, 4.69) is 55.2 Å². The lowest BCUT2D eigenvalue weighted by Crippen LogP contribution is -2.38. The van der Waals surface area contributed by atoms with Gasteiger partial charge in [-0.1, -0.05) is 18.2 Å². The van der Waals surface area contributed by atoms with Crippen LogP contribution in [0.15, 0.2) is 72.1 Å². The minimum absolute atomic E-state index is 0. The summed E-state index contributed by atoms with van der Waals surface area (Å²) in [6.45, 7) is 1.32. The van der Waals surface area contributed by atoms with Gasteiger partial charge in [-0.3, -0.25) is 9.39 Å². The standard InChI is InChI=1S/C20H22N8.HI/c1-21-20(23-15-19-26-25-18-5-2-3-13-27(18)19)22-12-10-16-6-8-17(9-7-16)28-14-4-11-24-28;/h2-9,11,13-14H,10,12,15H2,1H3,(H2,21,22,23);1H. The molecule has 0 aliphatic heterocycles. The molecule has 29 heavy (non-hydrogen) atoms. The number of benzene rings is 1. The number of rotatable bonds is 6. The monoisotopic (exact) mass is 502 g/mol. The van der Waals surface area contributed by atoms with E-state index in [0.717, 1.165) is 36.1 Å². The zero-order valence-corrected chi connectivity index (χ0v) is 18.4. The van der Waals surface area contributed by atoms with Crippen molar-refractivity contribution < 1.29 is 0 Å². The molecule has 9 heteroatoms. The van der Waals surface area contributed by atoms with Gasteiger partial charge in [0, 0.05) is 32.2 Å². The SMILES string of the molecule is CN=C(NCCc1ccc(-n2cccn2)cc1)NCc1nnc2ccccn12.I. The third-order valence-corrected chi connectivity index (χ3v) is 4.43. The van der Waals surface area contributed by atoms with Gasteiger partial charge in [0.25, 0.3) is 0 Å². The van der Waals surface area contributed by atoms with E-state index >= 15 is 0 Å². The number of guanidine groups is 1. The topological polar surface area (TPSA) is 84.4 Å². The fourth-order valence-electron chi connectivity index (χ4n) is 2.96. The summed E-state index contributed by atoms with van der Waals surface area (Å²) < 4.78 is 3.81. The van der Waals surface area contributed by atoms with Gasteiger partial charge in [-0.15, -0.1) is 34.2 Å². The molecule has 0 spiro atoms. The molecule has 8 nitrogen and oxygen atoms in total. The number of fused-ring (bicyclic) bond motifs is 1. The Kier molecular flexibility index (Phi) is 7.17. The van der Waals surface area contributed by atoms with Gasteiger partial charge in [-0.25, -0.2) is 4.68 Å². The first-order valence-corrected chi connectivity index (χ1v) is 9.15. The number of nitrogens with zero attached hydrogens (tertiary/aromatic N) is 6. The molecule has 0 saturated heterocycles. The predicted octanol–water partition coefficient (Wildman–Crippen LogP) is 2.44. The summed E-state index contributed by atoms with van der Waals surface area (Å²) in [5, 5.41) is 19.2. The average Bonchev–Trinajstić information content (AvgIpc) is 3.41. The van der Waals surface area contributed by atoms with E-state index in [1.807, 2.05) is 45.7 Å². The molecule has 0 fully saturated rings.